The molecule has 1 heterocycles. The maximum atomic E-state index is 12.1. The van der Waals surface area contributed by atoms with Gasteiger partial charge >= 0.3 is 11.9 Å². The number of ether oxygens (including phenoxy) is 1. The van der Waals surface area contributed by atoms with Gasteiger partial charge in [0.1, 0.15) is 10.7 Å². The molecule has 1 N–H and O–H groups in total. The van der Waals surface area contributed by atoms with E-state index in [9.17, 15) is 24.5 Å². The van der Waals surface area contributed by atoms with Crippen LogP contribution in [0.3, 0.4) is 0 Å². The molecular weight excluding hydrogens is 380 g/mol. The summed E-state index contributed by atoms with van der Waals surface area (Å²) in [4.78, 5) is 45.6. The summed E-state index contributed by atoms with van der Waals surface area (Å²) >= 11 is 0. The lowest BCUT2D eigenvalue weighted by Crippen LogP contribution is -2.27. The van der Waals surface area contributed by atoms with Gasteiger partial charge in [-0.1, -0.05) is 20.8 Å². The zero-order valence-electron chi connectivity index (χ0n) is 16.1. The second-order valence-corrected chi connectivity index (χ2v) is 7.08. The zero-order chi connectivity index (χ0) is 21.6. The van der Waals surface area contributed by atoms with Crippen molar-refractivity contribution in [3.05, 3.63) is 63.9 Å². The van der Waals surface area contributed by atoms with Crippen molar-refractivity contribution < 1.29 is 28.5 Å². The van der Waals surface area contributed by atoms with Gasteiger partial charge in [-0.15, -0.1) is 0 Å². The van der Waals surface area contributed by atoms with Gasteiger partial charge in [-0.3, -0.25) is 19.7 Å². The fourth-order valence-corrected chi connectivity index (χ4v) is 2.01. The van der Waals surface area contributed by atoms with Crippen molar-refractivity contribution in [1.29, 1.82) is 0 Å². The second-order valence-electron chi connectivity index (χ2n) is 7.08. The third-order valence-electron chi connectivity index (χ3n) is 3.67. The Bertz CT molecular complexity index is 950. The smallest absolute Gasteiger partial charge is 0.433 e. The molecule has 2 aromatic rings. The van der Waals surface area contributed by atoms with E-state index in [1.54, 1.807) is 32.9 Å². The molecule has 9 heteroatoms. The lowest BCUT2D eigenvalue weighted by atomic mass is 9.95. The average Bonchev–Trinajstić information content (AvgIpc) is 3.13. The molecule has 0 radical (unpaired) electrons. The number of rotatable bonds is 7. The molecule has 0 bridgehead atoms. The number of carbonyl (C=O) groups excluding carboxylic acids is 3. The van der Waals surface area contributed by atoms with Gasteiger partial charge in [-0.2, -0.15) is 0 Å². The van der Waals surface area contributed by atoms with Gasteiger partial charge in [-0.05, 0) is 36.4 Å². The van der Waals surface area contributed by atoms with Gasteiger partial charge in [0.15, 0.2) is 12.4 Å². The first-order valence-electron chi connectivity index (χ1n) is 8.60. The number of furan rings is 1. The first-order valence-corrected chi connectivity index (χ1v) is 8.60. The number of carbonyl (C=O) groups is 3. The normalized spacial score (nSPS) is 11.3. The summed E-state index contributed by atoms with van der Waals surface area (Å²) in [5.41, 5.74) is 0.322. The number of hydrogen-bond donors (Lipinski definition) is 1. The first-order chi connectivity index (χ1) is 13.6. The van der Waals surface area contributed by atoms with Gasteiger partial charge in [0.05, 0.1) is 6.07 Å². The highest BCUT2D eigenvalue weighted by atomic mass is 16.6. The molecule has 0 fully saturated rings. The maximum Gasteiger partial charge on any atom is 0.433 e. The molecule has 0 aliphatic heterocycles. The molecule has 9 nitrogen and oxygen atoms in total. The van der Waals surface area contributed by atoms with Crippen LogP contribution in [0, 0.1) is 15.5 Å². The zero-order valence-corrected chi connectivity index (χ0v) is 16.1. The summed E-state index contributed by atoms with van der Waals surface area (Å²) < 4.78 is 9.71. The summed E-state index contributed by atoms with van der Waals surface area (Å²) in [6, 6.07) is 8.69. The minimum atomic E-state index is -0.800. The average molecular weight is 400 g/mol. The highest BCUT2D eigenvalue weighted by Gasteiger charge is 2.21. The molecule has 0 spiro atoms. The SMILES string of the molecule is CC(C)(C)C(=O)Nc1ccc(C(=O)COC(=O)/C=C/c2ccc([N+](=O)[O-])o2)cc1. The van der Waals surface area contributed by atoms with Crippen LogP contribution in [0.1, 0.15) is 36.9 Å². The molecule has 152 valence electrons. The molecule has 2 rings (SSSR count). The number of hydrogen-bond acceptors (Lipinski definition) is 7. The van der Waals surface area contributed by atoms with Crippen molar-refractivity contribution in [2.75, 3.05) is 11.9 Å². The Labute approximate surface area is 166 Å². The van der Waals surface area contributed by atoms with E-state index in [-0.39, 0.29) is 11.7 Å². The topological polar surface area (TPSA) is 129 Å². The third-order valence-corrected chi connectivity index (χ3v) is 3.67. The quantitative estimate of drug-likeness (QED) is 0.247. The Hall–Kier alpha value is -3.75. The molecule has 0 saturated carbocycles. The Balaban J connectivity index is 1.86. The van der Waals surface area contributed by atoms with Gasteiger partial charge in [0.2, 0.25) is 5.91 Å². The van der Waals surface area contributed by atoms with E-state index in [0.29, 0.717) is 11.3 Å². The van der Waals surface area contributed by atoms with Crippen LogP contribution in [0.15, 0.2) is 46.9 Å². The Morgan fingerprint density at radius 2 is 1.79 bits per heavy atom. The molecule has 0 aliphatic rings. The standard InChI is InChI=1S/C20H20N2O7/c1-20(2,3)19(25)21-14-6-4-13(5-7-14)16(23)12-28-18(24)11-9-15-8-10-17(29-15)22(26)27/h4-11H,12H2,1-3H3,(H,21,25)/b11-9+. The van der Waals surface area contributed by atoms with Gasteiger partial charge in [0, 0.05) is 22.7 Å². The van der Waals surface area contributed by atoms with Crippen LogP contribution in [-0.2, 0) is 14.3 Å². The predicted octanol–water partition coefficient (Wildman–Crippen LogP) is 3.61. The minimum Gasteiger partial charge on any atom is -0.454 e. The van der Waals surface area contributed by atoms with Gasteiger partial charge in [0.25, 0.3) is 0 Å². The van der Waals surface area contributed by atoms with Crippen molar-refractivity contribution in [2.45, 2.75) is 20.8 Å². The summed E-state index contributed by atoms with van der Waals surface area (Å²) in [7, 11) is 0. The van der Waals surface area contributed by atoms with Crippen molar-refractivity contribution in [3.63, 3.8) is 0 Å². The summed E-state index contributed by atoms with van der Waals surface area (Å²) in [6.07, 6.45) is 2.20. The number of anilines is 1. The van der Waals surface area contributed by atoms with E-state index >= 15 is 0 Å². The number of amides is 1. The number of benzene rings is 1. The highest BCUT2D eigenvalue weighted by molar-refractivity contribution is 6.00. The number of esters is 1. The minimum absolute atomic E-state index is 0.105. The third kappa shape index (κ3) is 6.42. The maximum absolute atomic E-state index is 12.1. The lowest BCUT2D eigenvalue weighted by Gasteiger charge is -2.17. The molecule has 0 saturated heterocycles. The Morgan fingerprint density at radius 1 is 1.14 bits per heavy atom. The predicted molar refractivity (Wildman–Crippen MR) is 104 cm³/mol. The van der Waals surface area contributed by atoms with Crippen LogP contribution in [0.5, 0.6) is 0 Å². The molecule has 0 unspecified atom stereocenters. The Kier molecular flexibility index (Phi) is 6.66. The van der Waals surface area contributed by atoms with Crippen molar-refractivity contribution in [2.24, 2.45) is 5.41 Å². The molecule has 1 aromatic carbocycles. The second kappa shape index (κ2) is 8.96. The molecule has 1 aromatic heterocycles. The highest BCUT2D eigenvalue weighted by Crippen LogP contribution is 2.18. The van der Waals surface area contributed by atoms with E-state index in [1.165, 1.54) is 24.3 Å². The van der Waals surface area contributed by atoms with Crippen molar-refractivity contribution in [3.8, 4) is 0 Å². The van der Waals surface area contributed by atoms with Crippen LogP contribution in [0.25, 0.3) is 6.08 Å². The van der Waals surface area contributed by atoms with E-state index in [0.717, 1.165) is 12.1 Å². The molecular formula is C20H20N2O7. The largest absolute Gasteiger partial charge is 0.454 e. The van der Waals surface area contributed by atoms with Crippen LogP contribution in [-0.4, -0.2) is 29.2 Å². The number of nitrogens with one attached hydrogen (secondary N) is 1. The molecule has 1 amide bonds. The van der Waals surface area contributed by atoms with E-state index in [1.807, 2.05) is 0 Å². The first kappa shape index (κ1) is 21.5. The lowest BCUT2D eigenvalue weighted by molar-refractivity contribution is -0.402. The van der Waals surface area contributed by atoms with E-state index < -0.39 is 34.6 Å². The number of nitrogens with zero attached hydrogens (tertiary/aromatic N) is 1. The van der Waals surface area contributed by atoms with E-state index in [2.05, 4.69) is 5.32 Å². The van der Waals surface area contributed by atoms with Crippen LogP contribution < -0.4 is 5.32 Å². The van der Waals surface area contributed by atoms with Crippen molar-refractivity contribution >= 4 is 35.3 Å². The van der Waals surface area contributed by atoms with Gasteiger partial charge in [-0.25, -0.2) is 4.79 Å². The Morgan fingerprint density at radius 3 is 2.34 bits per heavy atom. The number of nitro groups is 1. The van der Waals surface area contributed by atoms with Crippen LogP contribution >= 0.6 is 0 Å². The number of ketones is 1. The monoisotopic (exact) mass is 400 g/mol. The van der Waals surface area contributed by atoms with Crippen molar-refractivity contribution in [1.82, 2.24) is 0 Å². The summed E-state index contributed by atoms with van der Waals surface area (Å²) in [6.45, 7) is 4.89. The fourth-order valence-electron chi connectivity index (χ4n) is 2.01. The summed E-state index contributed by atoms with van der Waals surface area (Å²) in [5.74, 6) is -1.72. The summed E-state index contributed by atoms with van der Waals surface area (Å²) in [5, 5.41) is 13.3. The fraction of sp³-hybridized carbons (Fsp3) is 0.250. The van der Waals surface area contributed by atoms with E-state index in [4.69, 9.17) is 9.15 Å². The van der Waals surface area contributed by atoms with Crippen LogP contribution in [0.2, 0.25) is 0 Å². The molecule has 29 heavy (non-hydrogen) atoms. The number of Topliss-reactive ketones (excluding diaryl/α,β-unsaturated/α-hetero) is 1. The van der Waals surface area contributed by atoms with Crippen LogP contribution in [0.4, 0.5) is 11.6 Å². The molecule has 0 aliphatic carbocycles. The molecule has 0 atom stereocenters. The van der Waals surface area contributed by atoms with Gasteiger partial charge < -0.3 is 14.5 Å².